The second-order valence-corrected chi connectivity index (χ2v) is 9.13. The topological polar surface area (TPSA) is 62.6 Å². The van der Waals surface area contributed by atoms with Gasteiger partial charge in [0.1, 0.15) is 5.75 Å². The Morgan fingerprint density at radius 1 is 1.00 bits per heavy atom. The summed E-state index contributed by atoms with van der Waals surface area (Å²) in [5, 5.41) is 8.14. The molecule has 0 bridgehead atoms. The van der Waals surface area contributed by atoms with Crippen LogP contribution in [0.25, 0.3) is 5.69 Å². The third kappa shape index (κ3) is 4.86. The van der Waals surface area contributed by atoms with Gasteiger partial charge in [0, 0.05) is 38.6 Å². The van der Waals surface area contributed by atoms with Crippen molar-refractivity contribution in [2.75, 3.05) is 46.4 Å². The van der Waals surface area contributed by atoms with E-state index in [1.54, 1.807) is 13.3 Å². The van der Waals surface area contributed by atoms with Gasteiger partial charge in [-0.15, -0.1) is 0 Å². The second-order valence-electron chi connectivity index (χ2n) is 9.13. The highest BCUT2D eigenvalue weighted by atomic mass is 16.5. The van der Waals surface area contributed by atoms with Gasteiger partial charge in [-0.3, -0.25) is 9.69 Å². The Morgan fingerprint density at radius 3 is 2.38 bits per heavy atom. The van der Waals surface area contributed by atoms with Crippen LogP contribution in [0.15, 0.2) is 60.8 Å². The first-order chi connectivity index (χ1) is 16.7. The zero-order valence-electron chi connectivity index (χ0n) is 19.8. The number of piperazine rings is 1. The number of carbonyl (C=O) groups is 1. The Kier molecular flexibility index (Phi) is 6.92. The average Bonchev–Trinajstić information content (AvgIpc) is 3.35. The van der Waals surface area contributed by atoms with Crippen LogP contribution in [0.3, 0.4) is 0 Å². The zero-order chi connectivity index (χ0) is 23.3. The van der Waals surface area contributed by atoms with Gasteiger partial charge in [-0.2, -0.15) is 5.10 Å². The van der Waals surface area contributed by atoms with E-state index in [1.807, 2.05) is 39.9 Å². The van der Waals surface area contributed by atoms with Crippen molar-refractivity contribution in [3.63, 3.8) is 0 Å². The number of ether oxygens (including phenoxy) is 1. The predicted molar refractivity (Wildman–Crippen MR) is 133 cm³/mol. The summed E-state index contributed by atoms with van der Waals surface area (Å²) >= 11 is 0. The van der Waals surface area contributed by atoms with Crippen LogP contribution in [0.2, 0.25) is 0 Å². The standard InChI is InChI=1S/C27H33N5O2/c1-34-24-9-7-23(8-10-24)32-26(22-11-13-28-14-12-22)25(19-29-32)27(33)31-17-15-30(16-18-31)20-21-5-3-2-4-6-21/h2-10,19,22,28H,11-18,20H2,1H3. The lowest BCUT2D eigenvalue weighted by molar-refractivity contribution is 0.0626. The SMILES string of the molecule is COc1ccc(-n2ncc(C(=O)N3CCN(Cc4ccccc4)CC3)c2C2CCNCC2)cc1. The van der Waals surface area contributed by atoms with E-state index >= 15 is 0 Å². The third-order valence-corrected chi connectivity index (χ3v) is 6.99. The predicted octanol–water partition coefficient (Wildman–Crippen LogP) is 3.31. The van der Waals surface area contributed by atoms with Crippen molar-refractivity contribution in [2.24, 2.45) is 0 Å². The molecule has 3 heterocycles. The molecule has 2 saturated heterocycles. The molecule has 5 rings (SSSR count). The highest BCUT2D eigenvalue weighted by molar-refractivity contribution is 5.95. The van der Waals surface area contributed by atoms with Gasteiger partial charge in [-0.25, -0.2) is 4.68 Å². The quantitative estimate of drug-likeness (QED) is 0.613. The maximum absolute atomic E-state index is 13.7. The van der Waals surface area contributed by atoms with Crippen molar-refractivity contribution >= 4 is 5.91 Å². The number of nitrogens with one attached hydrogen (secondary N) is 1. The zero-order valence-corrected chi connectivity index (χ0v) is 19.8. The first kappa shape index (κ1) is 22.6. The fourth-order valence-electron chi connectivity index (χ4n) is 5.06. The Hall–Kier alpha value is -3.16. The van der Waals surface area contributed by atoms with E-state index in [2.05, 4.69) is 34.5 Å². The van der Waals surface area contributed by atoms with E-state index in [9.17, 15) is 4.79 Å². The number of rotatable bonds is 6. The summed E-state index contributed by atoms with van der Waals surface area (Å²) in [6.07, 6.45) is 3.79. The number of carbonyl (C=O) groups excluding carboxylic acids is 1. The van der Waals surface area contributed by atoms with Gasteiger partial charge in [0.2, 0.25) is 0 Å². The summed E-state index contributed by atoms with van der Waals surface area (Å²) in [7, 11) is 1.67. The smallest absolute Gasteiger partial charge is 0.257 e. The van der Waals surface area contributed by atoms with Gasteiger partial charge < -0.3 is 15.0 Å². The number of nitrogens with zero attached hydrogens (tertiary/aromatic N) is 4. The van der Waals surface area contributed by atoms with Gasteiger partial charge >= 0.3 is 0 Å². The van der Waals surface area contributed by atoms with Gasteiger partial charge in [0.15, 0.2) is 0 Å². The Labute approximate surface area is 201 Å². The molecule has 0 unspecified atom stereocenters. The van der Waals surface area contributed by atoms with Crippen LogP contribution in [-0.4, -0.2) is 71.9 Å². The lowest BCUT2D eigenvalue weighted by Crippen LogP contribution is -2.48. The molecule has 7 heteroatoms. The summed E-state index contributed by atoms with van der Waals surface area (Å²) < 4.78 is 7.28. The van der Waals surface area contributed by atoms with Crippen LogP contribution in [0.5, 0.6) is 5.75 Å². The Bertz CT molecular complexity index is 1080. The van der Waals surface area contributed by atoms with Crippen molar-refractivity contribution in [1.82, 2.24) is 24.9 Å². The molecular weight excluding hydrogens is 426 g/mol. The van der Waals surface area contributed by atoms with Crippen LogP contribution < -0.4 is 10.1 Å². The van der Waals surface area contributed by atoms with Gasteiger partial charge in [0.25, 0.3) is 5.91 Å². The van der Waals surface area contributed by atoms with Crippen LogP contribution in [-0.2, 0) is 6.54 Å². The molecule has 1 amide bonds. The number of hydrogen-bond acceptors (Lipinski definition) is 5. The van der Waals surface area contributed by atoms with Crippen molar-refractivity contribution in [1.29, 1.82) is 0 Å². The Morgan fingerprint density at radius 2 is 1.71 bits per heavy atom. The monoisotopic (exact) mass is 459 g/mol. The molecule has 2 fully saturated rings. The lowest BCUT2D eigenvalue weighted by Gasteiger charge is -2.35. The number of benzene rings is 2. The Balaban J connectivity index is 1.35. The molecule has 34 heavy (non-hydrogen) atoms. The van der Waals surface area contributed by atoms with E-state index in [4.69, 9.17) is 9.84 Å². The summed E-state index contributed by atoms with van der Waals surface area (Å²) in [6.45, 7) is 6.11. The first-order valence-electron chi connectivity index (χ1n) is 12.2. The molecule has 7 nitrogen and oxygen atoms in total. The van der Waals surface area contributed by atoms with Crippen molar-refractivity contribution in [2.45, 2.75) is 25.3 Å². The molecule has 0 aliphatic carbocycles. The maximum atomic E-state index is 13.7. The molecule has 1 aromatic heterocycles. The minimum absolute atomic E-state index is 0.104. The largest absolute Gasteiger partial charge is 0.497 e. The summed E-state index contributed by atoms with van der Waals surface area (Å²) in [6, 6.07) is 18.4. The van der Waals surface area contributed by atoms with Crippen molar-refractivity contribution < 1.29 is 9.53 Å². The first-order valence-corrected chi connectivity index (χ1v) is 12.2. The lowest BCUT2D eigenvalue weighted by atomic mass is 9.91. The molecule has 2 aliphatic heterocycles. The van der Waals surface area contributed by atoms with Crippen LogP contribution in [0.4, 0.5) is 0 Å². The normalized spacial score (nSPS) is 17.6. The molecule has 3 aromatic rings. The van der Waals surface area contributed by atoms with Crippen LogP contribution in [0.1, 0.15) is 40.4 Å². The highest BCUT2D eigenvalue weighted by Gasteiger charge is 2.30. The second kappa shape index (κ2) is 10.4. The van der Waals surface area contributed by atoms with E-state index < -0.39 is 0 Å². The number of hydrogen-bond donors (Lipinski definition) is 1. The summed E-state index contributed by atoms with van der Waals surface area (Å²) in [5.41, 5.74) is 4.07. The molecule has 0 atom stereocenters. The van der Waals surface area contributed by atoms with E-state index in [-0.39, 0.29) is 5.91 Å². The van der Waals surface area contributed by atoms with Crippen molar-refractivity contribution in [3.8, 4) is 11.4 Å². The summed E-state index contributed by atoms with van der Waals surface area (Å²) in [5.74, 6) is 1.22. The summed E-state index contributed by atoms with van der Waals surface area (Å²) in [4.78, 5) is 18.1. The number of piperidine rings is 1. The maximum Gasteiger partial charge on any atom is 0.257 e. The van der Waals surface area contributed by atoms with Crippen molar-refractivity contribution in [3.05, 3.63) is 77.6 Å². The van der Waals surface area contributed by atoms with Crippen LogP contribution >= 0.6 is 0 Å². The van der Waals surface area contributed by atoms with Gasteiger partial charge in [-0.05, 0) is 55.8 Å². The van der Waals surface area contributed by atoms with E-state index in [1.165, 1.54) is 5.56 Å². The van der Waals surface area contributed by atoms with Crippen LogP contribution in [0, 0.1) is 0 Å². The molecule has 1 N–H and O–H groups in total. The molecule has 0 spiro atoms. The minimum Gasteiger partial charge on any atom is -0.497 e. The number of amides is 1. The minimum atomic E-state index is 0.104. The molecule has 2 aromatic carbocycles. The molecule has 0 saturated carbocycles. The van der Waals surface area contributed by atoms with E-state index in [0.29, 0.717) is 5.92 Å². The third-order valence-electron chi connectivity index (χ3n) is 6.99. The molecule has 2 aliphatic rings. The molecule has 0 radical (unpaired) electrons. The molecular formula is C27H33N5O2. The fourth-order valence-corrected chi connectivity index (χ4v) is 5.06. The number of aromatic nitrogens is 2. The number of methoxy groups -OCH3 is 1. The average molecular weight is 460 g/mol. The van der Waals surface area contributed by atoms with Gasteiger partial charge in [-0.1, -0.05) is 30.3 Å². The molecule has 178 valence electrons. The van der Waals surface area contributed by atoms with Gasteiger partial charge in [0.05, 0.1) is 30.3 Å². The highest BCUT2D eigenvalue weighted by Crippen LogP contribution is 2.31. The van der Waals surface area contributed by atoms with E-state index in [0.717, 1.165) is 81.3 Å². The fraction of sp³-hybridized carbons (Fsp3) is 0.407.